The van der Waals surface area contributed by atoms with Gasteiger partial charge in [-0.25, -0.2) is 4.79 Å². The Morgan fingerprint density at radius 2 is 1.96 bits per heavy atom. The maximum atomic E-state index is 12.2. The molecule has 6 N–H and O–H groups in total. The number of nitrogens with two attached hydrogens (primary N) is 2. The largest absolute Gasteiger partial charge is 0.384 e. The van der Waals surface area contributed by atoms with Crippen LogP contribution in [-0.2, 0) is 6.42 Å². The molecule has 1 aliphatic heterocycles. The molecular weight excluding hydrogens is 304 g/mol. The van der Waals surface area contributed by atoms with Crippen LogP contribution in [0.3, 0.4) is 0 Å². The number of aromatic amines is 1. The Morgan fingerprint density at radius 1 is 1.29 bits per heavy atom. The van der Waals surface area contributed by atoms with Gasteiger partial charge in [0.1, 0.15) is 5.82 Å². The standard InChI is InChI=1S/C15H16N6O.C2H6/c16-7-5-9-1-3-10(4-2-9)21-12(14(18)20-15(21)22)11-6-8-19-13(11)17;1-2/h1-4,6,8,11,13,19H,5,17-18H2,(H,20,22);1-2H3. The highest BCUT2D eigenvalue weighted by Gasteiger charge is 2.28. The maximum absolute atomic E-state index is 12.2. The summed E-state index contributed by atoms with van der Waals surface area (Å²) in [6.45, 7) is 4.00. The smallest absolute Gasteiger partial charge is 0.331 e. The maximum Gasteiger partial charge on any atom is 0.331 e. The summed E-state index contributed by atoms with van der Waals surface area (Å²) in [6.07, 6.45) is 3.63. The predicted molar refractivity (Wildman–Crippen MR) is 94.5 cm³/mol. The molecule has 0 amide bonds. The molecular formula is C17H22N6O. The van der Waals surface area contributed by atoms with Crippen molar-refractivity contribution in [1.29, 1.82) is 5.26 Å². The van der Waals surface area contributed by atoms with Gasteiger partial charge in [-0.15, -0.1) is 0 Å². The molecule has 2 aromatic rings. The van der Waals surface area contributed by atoms with Gasteiger partial charge in [-0.3, -0.25) is 9.55 Å². The molecule has 2 heterocycles. The molecule has 0 radical (unpaired) electrons. The van der Waals surface area contributed by atoms with Crippen molar-refractivity contribution in [3.05, 3.63) is 58.3 Å². The highest BCUT2D eigenvalue weighted by molar-refractivity contribution is 5.48. The second-order valence-electron chi connectivity index (χ2n) is 5.14. The Hall–Kier alpha value is -2.98. The first-order valence-electron chi connectivity index (χ1n) is 7.87. The van der Waals surface area contributed by atoms with Crippen molar-refractivity contribution < 1.29 is 0 Å². The van der Waals surface area contributed by atoms with Gasteiger partial charge < -0.3 is 16.8 Å². The molecule has 1 aromatic heterocycles. The lowest BCUT2D eigenvalue weighted by molar-refractivity contribution is 0.577. The highest BCUT2D eigenvalue weighted by atomic mass is 16.1. The number of benzene rings is 1. The minimum atomic E-state index is -0.332. The third-order valence-corrected chi connectivity index (χ3v) is 3.73. The van der Waals surface area contributed by atoms with Crippen LogP contribution in [0.4, 0.5) is 5.82 Å². The van der Waals surface area contributed by atoms with Crippen LogP contribution in [0.2, 0.25) is 0 Å². The lowest BCUT2D eigenvalue weighted by Crippen LogP contribution is -2.36. The van der Waals surface area contributed by atoms with Crippen LogP contribution >= 0.6 is 0 Å². The Bertz CT molecular complexity index is 809. The van der Waals surface area contributed by atoms with Crippen molar-refractivity contribution in [2.75, 3.05) is 5.73 Å². The number of nitrogen functional groups attached to an aromatic ring is 1. The first-order valence-corrected chi connectivity index (χ1v) is 7.87. The molecule has 0 bridgehead atoms. The SMILES string of the molecule is CC.N#CCc1ccc(-n2c(C3C=CNC3N)c(N)[nH]c2=O)cc1. The molecule has 7 heteroatoms. The number of hydrogen-bond acceptors (Lipinski definition) is 5. The summed E-state index contributed by atoms with van der Waals surface area (Å²) in [5.41, 5.74) is 13.9. The Morgan fingerprint density at radius 3 is 2.50 bits per heavy atom. The Balaban J connectivity index is 0.00000100. The quantitative estimate of drug-likeness (QED) is 0.677. The van der Waals surface area contributed by atoms with Gasteiger partial charge in [0, 0.05) is 0 Å². The van der Waals surface area contributed by atoms with E-state index in [1.54, 1.807) is 18.3 Å². The molecule has 126 valence electrons. The second kappa shape index (κ2) is 7.53. The van der Waals surface area contributed by atoms with Crippen molar-refractivity contribution in [3.8, 4) is 11.8 Å². The first-order chi connectivity index (χ1) is 11.6. The first kappa shape index (κ1) is 17.4. The molecule has 0 spiro atoms. The minimum absolute atomic E-state index is 0.197. The average molecular weight is 326 g/mol. The van der Waals surface area contributed by atoms with Gasteiger partial charge in [-0.05, 0) is 23.9 Å². The van der Waals surface area contributed by atoms with E-state index in [1.807, 2.05) is 32.1 Å². The Kier molecular flexibility index (Phi) is 5.45. The topological polar surface area (TPSA) is 126 Å². The number of anilines is 1. The molecule has 0 saturated heterocycles. The van der Waals surface area contributed by atoms with Crippen molar-refractivity contribution >= 4 is 5.82 Å². The third kappa shape index (κ3) is 3.19. The fourth-order valence-electron chi connectivity index (χ4n) is 2.66. The molecule has 2 atom stereocenters. The van der Waals surface area contributed by atoms with Gasteiger partial charge in [0.15, 0.2) is 0 Å². The van der Waals surface area contributed by atoms with Gasteiger partial charge in [-0.2, -0.15) is 5.26 Å². The second-order valence-corrected chi connectivity index (χ2v) is 5.14. The van der Waals surface area contributed by atoms with E-state index in [2.05, 4.69) is 16.4 Å². The van der Waals surface area contributed by atoms with E-state index in [0.717, 1.165) is 5.56 Å². The van der Waals surface area contributed by atoms with Crippen molar-refractivity contribution in [3.63, 3.8) is 0 Å². The number of nitrogens with zero attached hydrogens (tertiary/aromatic N) is 2. The van der Waals surface area contributed by atoms with E-state index < -0.39 is 0 Å². The third-order valence-electron chi connectivity index (χ3n) is 3.73. The van der Waals surface area contributed by atoms with Crippen molar-refractivity contribution in [2.45, 2.75) is 32.4 Å². The summed E-state index contributed by atoms with van der Waals surface area (Å²) in [4.78, 5) is 14.9. The molecule has 0 aliphatic carbocycles. The predicted octanol–water partition coefficient (Wildman–Crippen LogP) is 1.33. The van der Waals surface area contributed by atoms with E-state index in [-0.39, 0.29) is 17.8 Å². The number of rotatable bonds is 3. The Labute approximate surface area is 140 Å². The van der Waals surface area contributed by atoms with Crippen LogP contribution in [0, 0.1) is 11.3 Å². The number of nitriles is 1. The van der Waals surface area contributed by atoms with Crippen LogP contribution in [0.15, 0.2) is 41.3 Å². The van der Waals surface area contributed by atoms with Crippen molar-refractivity contribution in [1.82, 2.24) is 14.9 Å². The van der Waals surface area contributed by atoms with Crippen LogP contribution in [0.1, 0.15) is 31.0 Å². The fourth-order valence-corrected chi connectivity index (χ4v) is 2.66. The zero-order valence-corrected chi connectivity index (χ0v) is 13.8. The zero-order valence-electron chi connectivity index (χ0n) is 13.8. The number of H-pyrrole nitrogens is 1. The number of hydrogen-bond donors (Lipinski definition) is 4. The highest BCUT2D eigenvalue weighted by Crippen LogP contribution is 2.28. The summed E-state index contributed by atoms with van der Waals surface area (Å²) >= 11 is 0. The molecule has 24 heavy (non-hydrogen) atoms. The summed E-state index contributed by atoms with van der Waals surface area (Å²) in [7, 11) is 0. The number of aromatic nitrogens is 2. The van der Waals surface area contributed by atoms with Gasteiger partial charge >= 0.3 is 5.69 Å². The van der Waals surface area contributed by atoms with Crippen molar-refractivity contribution in [2.24, 2.45) is 5.73 Å². The van der Waals surface area contributed by atoms with E-state index >= 15 is 0 Å². The van der Waals surface area contributed by atoms with E-state index in [9.17, 15) is 4.79 Å². The lowest BCUT2D eigenvalue weighted by Gasteiger charge is -2.18. The van der Waals surface area contributed by atoms with Gasteiger partial charge in [0.25, 0.3) is 0 Å². The van der Waals surface area contributed by atoms with Crippen LogP contribution < -0.4 is 22.5 Å². The monoisotopic (exact) mass is 326 g/mol. The van der Waals surface area contributed by atoms with E-state index in [4.69, 9.17) is 16.7 Å². The molecule has 1 aliphatic rings. The molecule has 0 fully saturated rings. The lowest BCUT2D eigenvalue weighted by atomic mass is 10.0. The summed E-state index contributed by atoms with van der Waals surface area (Å²) < 4.78 is 1.52. The van der Waals surface area contributed by atoms with Crippen LogP contribution in [-0.4, -0.2) is 15.7 Å². The van der Waals surface area contributed by atoms with E-state index in [1.165, 1.54) is 4.57 Å². The van der Waals surface area contributed by atoms with Crippen LogP contribution in [0.5, 0.6) is 0 Å². The summed E-state index contributed by atoms with van der Waals surface area (Å²) in [6, 6.07) is 9.32. The van der Waals surface area contributed by atoms with Gasteiger partial charge in [-0.1, -0.05) is 32.1 Å². The van der Waals surface area contributed by atoms with Gasteiger partial charge in [0.2, 0.25) is 0 Å². The molecule has 3 rings (SSSR count). The van der Waals surface area contributed by atoms with Gasteiger partial charge in [0.05, 0.1) is 36.0 Å². The average Bonchev–Trinajstić information content (AvgIpc) is 3.13. The number of nitrogens with one attached hydrogen (secondary N) is 2. The molecule has 1 aromatic carbocycles. The molecule has 2 unspecified atom stereocenters. The normalized spacial score (nSPS) is 18.4. The fraction of sp³-hybridized carbons (Fsp3) is 0.294. The number of imidazole rings is 1. The summed E-state index contributed by atoms with van der Waals surface area (Å²) in [5, 5.41) is 11.7. The minimum Gasteiger partial charge on any atom is -0.384 e. The molecule has 0 saturated carbocycles. The zero-order chi connectivity index (χ0) is 17.7. The summed E-state index contributed by atoms with van der Waals surface area (Å²) in [5.74, 6) is 0.109. The van der Waals surface area contributed by atoms with Crippen LogP contribution in [0.25, 0.3) is 5.69 Å². The van der Waals surface area contributed by atoms with E-state index in [0.29, 0.717) is 23.6 Å². The molecule has 7 nitrogen and oxygen atoms in total.